The van der Waals surface area contributed by atoms with Gasteiger partial charge in [-0.2, -0.15) is 0 Å². The van der Waals surface area contributed by atoms with Gasteiger partial charge in [0.1, 0.15) is 18.7 Å². The highest BCUT2D eigenvalue weighted by Crippen LogP contribution is 2.14. The third-order valence-electron chi connectivity index (χ3n) is 4.06. The highest BCUT2D eigenvalue weighted by molar-refractivity contribution is 5.83. The molecule has 1 N–H and O–H groups in total. The molecular weight excluding hydrogens is 314 g/mol. The van der Waals surface area contributed by atoms with Crippen molar-refractivity contribution in [2.24, 2.45) is 0 Å². The lowest BCUT2D eigenvalue weighted by Gasteiger charge is -2.09. The van der Waals surface area contributed by atoms with Crippen LogP contribution in [0.15, 0.2) is 73.6 Å². The number of nitrogens with one attached hydrogen (secondary N) is 1. The van der Waals surface area contributed by atoms with Crippen LogP contribution in [0.3, 0.4) is 0 Å². The van der Waals surface area contributed by atoms with Crippen LogP contribution in [0.1, 0.15) is 5.56 Å². The molecule has 124 valence electrons. The molecule has 25 heavy (non-hydrogen) atoms. The molecule has 0 saturated carbocycles. The Kier molecular flexibility index (Phi) is 4.00. The minimum atomic E-state index is -0.0256. The molecular formula is C19H17N5O. The second-order valence-electron chi connectivity index (χ2n) is 5.77. The zero-order chi connectivity index (χ0) is 17.1. The van der Waals surface area contributed by atoms with E-state index in [2.05, 4.69) is 15.3 Å². The lowest BCUT2D eigenvalue weighted by molar-refractivity contribution is -0.121. The zero-order valence-corrected chi connectivity index (χ0v) is 13.5. The SMILES string of the molecule is O=C(Cn1ccc2ccccc21)NCc1ccnc(-n2ccnc2)c1. The van der Waals surface area contributed by atoms with Crippen LogP contribution < -0.4 is 5.32 Å². The van der Waals surface area contributed by atoms with Gasteiger partial charge in [0, 0.05) is 36.8 Å². The standard InChI is InChI=1S/C19H17N5O/c25-19(13-23-9-6-16-3-1-2-4-17(16)23)22-12-15-5-7-21-18(11-15)24-10-8-20-14-24/h1-11,14H,12-13H2,(H,22,25). The Balaban J connectivity index is 1.41. The van der Waals surface area contributed by atoms with Crippen LogP contribution in [0.5, 0.6) is 0 Å². The van der Waals surface area contributed by atoms with Crippen LogP contribution in [-0.4, -0.2) is 25.0 Å². The summed E-state index contributed by atoms with van der Waals surface area (Å²) in [6.45, 7) is 0.759. The van der Waals surface area contributed by atoms with E-state index in [1.54, 1.807) is 18.7 Å². The summed E-state index contributed by atoms with van der Waals surface area (Å²) in [4.78, 5) is 20.6. The fourth-order valence-electron chi connectivity index (χ4n) is 2.80. The van der Waals surface area contributed by atoms with E-state index in [-0.39, 0.29) is 5.91 Å². The van der Waals surface area contributed by atoms with Crippen LogP contribution in [-0.2, 0) is 17.9 Å². The number of amides is 1. The van der Waals surface area contributed by atoms with Gasteiger partial charge in [0.15, 0.2) is 0 Å². The minimum absolute atomic E-state index is 0.0256. The Hall–Kier alpha value is -3.41. The molecule has 4 rings (SSSR count). The number of benzene rings is 1. The average molecular weight is 331 g/mol. The van der Waals surface area contributed by atoms with Crippen molar-refractivity contribution in [3.8, 4) is 5.82 Å². The molecule has 0 atom stereocenters. The summed E-state index contributed by atoms with van der Waals surface area (Å²) in [5, 5.41) is 4.10. The first kappa shape index (κ1) is 15.1. The van der Waals surface area contributed by atoms with Gasteiger partial charge in [-0.25, -0.2) is 9.97 Å². The van der Waals surface area contributed by atoms with Crippen LogP contribution in [0.25, 0.3) is 16.7 Å². The van der Waals surface area contributed by atoms with Crippen LogP contribution in [0.2, 0.25) is 0 Å². The molecule has 0 unspecified atom stereocenters. The van der Waals surface area contributed by atoms with E-state index in [1.807, 2.05) is 64.0 Å². The molecule has 6 nitrogen and oxygen atoms in total. The Bertz CT molecular complexity index is 1000. The Labute approximate surface area is 144 Å². The second kappa shape index (κ2) is 6.60. The van der Waals surface area contributed by atoms with Gasteiger partial charge in [-0.1, -0.05) is 18.2 Å². The van der Waals surface area contributed by atoms with Gasteiger partial charge in [-0.15, -0.1) is 0 Å². The van der Waals surface area contributed by atoms with Gasteiger partial charge in [-0.3, -0.25) is 9.36 Å². The summed E-state index contributed by atoms with van der Waals surface area (Å²) in [5.41, 5.74) is 2.05. The van der Waals surface area contributed by atoms with Gasteiger partial charge in [0.2, 0.25) is 5.91 Å². The molecule has 0 spiro atoms. The molecule has 0 aliphatic rings. The van der Waals surface area contributed by atoms with E-state index in [1.165, 1.54) is 0 Å². The number of aromatic nitrogens is 4. The summed E-state index contributed by atoms with van der Waals surface area (Å²) in [5.74, 6) is 0.753. The highest BCUT2D eigenvalue weighted by atomic mass is 16.1. The van der Waals surface area contributed by atoms with Crippen molar-refractivity contribution < 1.29 is 4.79 Å². The first-order chi connectivity index (χ1) is 12.3. The fourth-order valence-corrected chi connectivity index (χ4v) is 2.80. The highest BCUT2D eigenvalue weighted by Gasteiger charge is 2.06. The normalized spacial score (nSPS) is 10.9. The number of carbonyl (C=O) groups is 1. The molecule has 1 amide bonds. The molecule has 0 fully saturated rings. The van der Waals surface area contributed by atoms with Crippen molar-refractivity contribution in [2.75, 3.05) is 0 Å². The Morgan fingerprint density at radius 2 is 2.00 bits per heavy atom. The number of imidazole rings is 1. The molecule has 0 saturated heterocycles. The number of para-hydroxylation sites is 1. The predicted octanol–water partition coefficient (Wildman–Crippen LogP) is 2.54. The average Bonchev–Trinajstić information content (AvgIpc) is 3.31. The Morgan fingerprint density at radius 1 is 1.08 bits per heavy atom. The van der Waals surface area contributed by atoms with Gasteiger partial charge in [-0.05, 0) is 35.2 Å². The van der Waals surface area contributed by atoms with Gasteiger partial charge in [0.05, 0.1) is 0 Å². The molecule has 0 aliphatic carbocycles. The molecule has 3 heterocycles. The van der Waals surface area contributed by atoms with E-state index in [0.717, 1.165) is 22.3 Å². The molecule has 3 aromatic heterocycles. The quantitative estimate of drug-likeness (QED) is 0.611. The number of carbonyl (C=O) groups excluding carboxylic acids is 1. The van der Waals surface area contributed by atoms with Crippen molar-refractivity contribution in [3.05, 3.63) is 79.1 Å². The smallest absolute Gasteiger partial charge is 0.240 e. The van der Waals surface area contributed by atoms with Crippen molar-refractivity contribution in [2.45, 2.75) is 13.1 Å². The maximum atomic E-state index is 12.3. The maximum Gasteiger partial charge on any atom is 0.240 e. The monoisotopic (exact) mass is 331 g/mol. The summed E-state index contributed by atoms with van der Waals surface area (Å²) < 4.78 is 3.78. The first-order valence-corrected chi connectivity index (χ1v) is 8.03. The third-order valence-corrected chi connectivity index (χ3v) is 4.06. The summed E-state index contributed by atoms with van der Waals surface area (Å²) in [6, 6.07) is 13.9. The summed E-state index contributed by atoms with van der Waals surface area (Å²) in [6.07, 6.45) is 8.91. The number of nitrogens with zero attached hydrogens (tertiary/aromatic N) is 4. The van der Waals surface area contributed by atoms with Crippen molar-refractivity contribution in [1.82, 2.24) is 24.4 Å². The predicted molar refractivity (Wildman–Crippen MR) is 95.1 cm³/mol. The summed E-state index contributed by atoms with van der Waals surface area (Å²) >= 11 is 0. The lowest BCUT2D eigenvalue weighted by atomic mass is 10.2. The van der Waals surface area contributed by atoms with Crippen LogP contribution in [0, 0.1) is 0 Å². The van der Waals surface area contributed by atoms with E-state index in [9.17, 15) is 4.79 Å². The van der Waals surface area contributed by atoms with E-state index in [4.69, 9.17) is 0 Å². The topological polar surface area (TPSA) is 64.7 Å². The van der Waals surface area contributed by atoms with Crippen LogP contribution in [0.4, 0.5) is 0 Å². The second-order valence-corrected chi connectivity index (χ2v) is 5.77. The van der Waals surface area contributed by atoms with E-state index < -0.39 is 0 Å². The van der Waals surface area contributed by atoms with Crippen LogP contribution >= 0.6 is 0 Å². The Morgan fingerprint density at radius 3 is 2.88 bits per heavy atom. The molecule has 6 heteroatoms. The van der Waals surface area contributed by atoms with Gasteiger partial charge >= 0.3 is 0 Å². The largest absolute Gasteiger partial charge is 0.350 e. The van der Waals surface area contributed by atoms with Crippen molar-refractivity contribution in [1.29, 1.82) is 0 Å². The molecule has 0 radical (unpaired) electrons. The fraction of sp³-hybridized carbons (Fsp3) is 0.105. The van der Waals surface area contributed by atoms with Gasteiger partial charge in [0.25, 0.3) is 0 Å². The number of rotatable bonds is 5. The summed E-state index contributed by atoms with van der Waals surface area (Å²) in [7, 11) is 0. The van der Waals surface area contributed by atoms with E-state index in [0.29, 0.717) is 13.1 Å². The molecule has 1 aromatic carbocycles. The zero-order valence-electron chi connectivity index (χ0n) is 13.5. The lowest BCUT2D eigenvalue weighted by Crippen LogP contribution is -2.26. The first-order valence-electron chi connectivity index (χ1n) is 8.03. The number of fused-ring (bicyclic) bond motifs is 1. The number of hydrogen-bond acceptors (Lipinski definition) is 3. The molecule has 4 aromatic rings. The third kappa shape index (κ3) is 3.28. The number of hydrogen-bond donors (Lipinski definition) is 1. The minimum Gasteiger partial charge on any atom is -0.350 e. The van der Waals surface area contributed by atoms with E-state index >= 15 is 0 Å². The van der Waals surface area contributed by atoms with Crippen molar-refractivity contribution >= 4 is 16.8 Å². The maximum absolute atomic E-state index is 12.3. The van der Waals surface area contributed by atoms with Crippen molar-refractivity contribution in [3.63, 3.8) is 0 Å². The molecule has 0 aliphatic heterocycles. The van der Waals surface area contributed by atoms with Gasteiger partial charge < -0.3 is 9.88 Å². The number of pyridine rings is 1. The molecule has 0 bridgehead atoms.